The summed E-state index contributed by atoms with van der Waals surface area (Å²) in [5.74, 6) is -1.32. The van der Waals surface area contributed by atoms with Gasteiger partial charge in [-0.25, -0.2) is 4.58 Å². The first-order chi connectivity index (χ1) is 6.32. The summed E-state index contributed by atoms with van der Waals surface area (Å²) in [6, 6.07) is 0. The van der Waals surface area contributed by atoms with E-state index in [4.69, 9.17) is 11.1 Å². The second-order valence-electron chi connectivity index (χ2n) is 3.23. The molecular weight excluding hydrogens is 197 g/mol. The zero-order valence-corrected chi connectivity index (χ0v) is 7.73. The van der Waals surface area contributed by atoms with E-state index in [9.17, 15) is 13.2 Å². The highest BCUT2D eigenvalue weighted by atomic mass is 19.4. The van der Waals surface area contributed by atoms with Crippen LogP contribution in [0.25, 0.3) is 0 Å². The molecule has 0 saturated heterocycles. The molecule has 1 heterocycles. The van der Waals surface area contributed by atoms with Crippen molar-refractivity contribution in [2.75, 3.05) is 26.7 Å². The third-order valence-corrected chi connectivity index (χ3v) is 2.02. The fourth-order valence-corrected chi connectivity index (χ4v) is 1.26. The second kappa shape index (κ2) is 3.56. The van der Waals surface area contributed by atoms with Gasteiger partial charge in [-0.1, -0.05) is 0 Å². The molecule has 80 valence electrons. The Hall–Kier alpha value is -1.11. The Morgan fingerprint density at radius 2 is 2.14 bits per heavy atom. The topological polar surface area (TPSA) is 56.1 Å². The lowest BCUT2D eigenvalue weighted by molar-refractivity contribution is -0.437. The number of nitrogens with two attached hydrogens (primary N) is 1. The van der Waals surface area contributed by atoms with Crippen molar-refractivity contribution in [3.63, 3.8) is 0 Å². The summed E-state index contributed by atoms with van der Waals surface area (Å²) >= 11 is 0. The van der Waals surface area contributed by atoms with Crippen LogP contribution in [-0.4, -0.2) is 54.0 Å². The molecule has 0 unspecified atom stereocenters. The smallest absolute Gasteiger partial charge is 0.321 e. The maximum atomic E-state index is 12.2. The molecule has 14 heavy (non-hydrogen) atoms. The molecule has 7 heteroatoms. The number of hydrogen-bond acceptors (Lipinski definition) is 3. The Bertz CT molecular complexity index is 281. The molecule has 0 atom stereocenters. The zero-order chi connectivity index (χ0) is 10.9. The van der Waals surface area contributed by atoms with Gasteiger partial charge in [0.05, 0.1) is 13.1 Å². The number of rotatable bonds is 0. The van der Waals surface area contributed by atoms with Gasteiger partial charge in [-0.15, -0.1) is 0 Å². The minimum absolute atomic E-state index is 0.0704. The number of likely N-dealkylation sites (N-methyl/N-ethyl adjacent to an activating group) is 1. The normalized spacial score (nSPS) is 20.0. The summed E-state index contributed by atoms with van der Waals surface area (Å²) < 4.78 is 37.3. The standard InChI is InChI=1S/C7H11F3N4/c1-13-2-3-14(5(11)4-13)6(12)7(8,9)10/h11-12H,2-4H2,1H3/p+1. The number of hydrogen-bond donors (Lipinski definition) is 2. The first kappa shape index (κ1) is 11.0. The molecule has 1 aliphatic rings. The first-order valence-corrected chi connectivity index (χ1v) is 4.05. The van der Waals surface area contributed by atoms with Crippen molar-refractivity contribution in [1.29, 1.82) is 5.41 Å². The zero-order valence-electron chi connectivity index (χ0n) is 7.73. The van der Waals surface area contributed by atoms with Crippen LogP contribution in [-0.2, 0) is 0 Å². The van der Waals surface area contributed by atoms with Gasteiger partial charge in [0.25, 0.3) is 0 Å². The van der Waals surface area contributed by atoms with Gasteiger partial charge >= 0.3 is 12.0 Å². The van der Waals surface area contributed by atoms with E-state index in [0.29, 0.717) is 6.54 Å². The molecule has 0 saturated carbocycles. The Labute approximate surface area is 79.3 Å². The Morgan fingerprint density at radius 1 is 1.57 bits per heavy atom. The van der Waals surface area contributed by atoms with Gasteiger partial charge in [-0.2, -0.15) is 18.6 Å². The molecule has 0 spiro atoms. The van der Waals surface area contributed by atoms with Crippen LogP contribution < -0.4 is 5.73 Å². The van der Waals surface area contributed by atoms with Crippen LogP contribution in [0.3, 0.4) is 0 Å². The minimum Gasteiger partial charge on any atom is -0.321 e. The molecule has 0 aromatic heterocycles. The van der Waals surface area contributed by atoms with E-state index < -0.39 is 12.0 Å². The molecule has 0 aromatic rings. The summed E-state index contributed by atoms with van der Waals surface area (Å²) in [4.78, 5) is 1.80. The lowest BCUT2D eigenvalue weighted by Gasteiger charge is -2.23. The Balaban J connectivity index is 2.88. The van der Waals surface area contributed by atoms with E-state index in [1.54, 1.807) is 11.9 Å². The van der Waals surface area contributed by atoms with Crippen LogP contribution in [0.1, 0.15) is 0 Å². The molecule has 4 nitrogen and oxygen atoms in total. The number of amidine groups is 2. The average Bonchev–Trinajstić information content (AvgIpc) is 2.01. The minimum atomic E-state index is -4.62. The average molecular weight is 209 g/mol. The van der Waals surface area contributed by atoms with E-state index in [0.717, 1.165) is 4.58 Å². The molecule has 0 fully saturated rings. The quantitative estimate of drug-likeness (QED) is 0.331. The van der Waals surface area contributed by atoms with Crippen LogP contribution >= 0.6 is 0 Å². The highest BCUT2D eigenvalue weighted by Crippen LogP contribution is 2.17. The lowest BCUT2D eigenvalue weighted by Crippen LogP contribution is -2.51. The van der Waals surface area contributed by atoms with Crippen LogP contribution in [0.15, 0.2) is 0 Å². The van der Waals surface area contributed by atoms with Crippen LogP contribution in [0.5, 0.6) is 0 Å². The first-order valence-electron chi connectivity index (χ1n) is 4.05. The third kappa shape index (κ3) is 2.22. The van der Waals surface area contributed by atoms with Crippen LogP contribution in [0.4, 0.5) is 13.2 Å². The summed E-state index contributed by atoms with van der Waals surface area (Å²) in [5.41, 5.74) is 5.43. The predicted octanol–water partition coefficient (Wildman–Crippen LogP) is -0.159. The van der Waals surface area contributed by atoms with Crippen molar-refractivity contribution in [3.8, 4) is 0 Å². The lowest BCUT2D eigenvalue weighted by atomic mass is 10.3. The van der Waals surface area contributed by atoms with Gasteiger partial charge in [0.1, 0.15) is 0 Å². The van der Waals surface area contributed by atoms with Crippen molar-refractivity contribution >= 4 is 11.7 Å². The van der Waals surface area contributed by atoms with Crippen molar-refractivity contribution in [3.05, 3.63) is 0 Å². The van der Waals surface area contributed by atoms with Crippen molar-refractivity contribution < 1.29 is 17.7 Å². The highest BCUT2D eigenvalue weighted by molar-refractivity contribution is 5.87. The van der Waals surface area contributed by atoms with Gasteiger partial charge < -0.3 is 5.73 Å². The fraction of sp³-hybridized carbons (Fsp3) is 0.714. The summed E-state index contributed by atoms with van der Waals surface area (Å²) in [7, 11) is 1.77. The van der Waals surface area contributed by atoms with E-state index in [-0.39, 0.29) is 18.9 Å². The molecule has 0 aliphatic carbocycles. The maximum absolute atomic E-state index is 12.2. The largest absolute Gasteiger partial charge is 0.481 e. The second-order valence-corrected chi connectivity index (χ2v) is 3.23. The summed E-state index contributed by atoms with van der Waals surface area (Å²) in [5, 5.41) is 6.91. The monoisotopic (exact) mass is 209 g/mol. The number of halogens is 3. The van der Waals surface area contributed by atoms with E-state index >= 15 is 0 Å². The summed E-state index contributed by atoms with van der Waals surface area (Å²) in [6.07, 6.45) is -4.62. The molecule has 1 aliphatic heterocycles. The van der Waals surface area contributed by atoms with Gasteiger partial charge in [0.15, 0.2) is 0 Å². The maximum Gasteiger partial charge on any atom is 0.481 e. The number of nitrogens with one attached hydrogen (secondary N) is 1. The van der Waals surface area contributed by atoms with Gasteiger partial charge in [-0.3, -0.25) is 4.90 Å². The van der Waals surface area contributed by atoms with E-state index in [1.807, 2.05) is 0 Å². The van der Waals surface area contributed by atoms with Gasteiger partial charge in [0, 0.05) is 6.54 Å². The predicted molar refractivity (Wildman–Crippen MR) is 45.6 cm³/mol. The van der Waals surface area contributed by atoms with E-state index in [2.05, 4.69) is 0 Å². The highest BCUT2D eigenvalue weighted by Gasteiger charge is 2.43. The Kier molecular flexibility index (Phi) is 2.79. The number of nitrogens with zero attached hydrogens (tertiary/aromatic N) is 2. The molecular formula is C7H12F3N4+. The van der Waals surface area contributed by atoms with Crippen molar-refractivity contribution in [2.45, 2.75) is 6.18 Å². The van der Waals surface area contributed by atoms with E-state index in [1.165, 1.54) is 0 Å². The molecule has 0 radical (unpaired) electrons. The third-order valence-electron chi connectivity index (χ3n) is 2.02. The van der Waals surface area contributed by atoms with Gasteiger partial charge in [0.2, 0.25) is 5.84 Å². The van der Waals surface area contributed by atoms with Crippen molar-refractivity contribution in [1.82, 2.24) is 4.90 Å². The van der Waals surface area contributed by atoms with Crippen LogP contribution in [0.2, 0.25) is 0 Å². The number of alkyl halides is 3. The van der Waals surface area contributed by atoms with Crippen LogP contribution in [0, 0.1) is 5.41 Å². The summed E-state index contributed by atoms with van der Waals surface area (Å²) in [6.45, 7) is 0.846. The van der Waals surface area contributed by atoms with Gasteiger partial charge in [-0.05, 0) is 7.05 Å². The molecule has 0 amide bonds. The SMILES string of the molecule is CN1CC[N+](C(=N)C(F)(F)F)=C(N)C1. The molecule has 0 bridgehead atoms. The molecule has 3 N–H and O–H groups in total. The fourth-order valence-electron chi connectivity index (χ4n) is 1.26. The molecule has 1 rings (SSSR count). The van der Waals surface area contributed by atoms with Crippen molar-refractivity contribution in [2.24, 2.45) is 5.73 Å². The molecule has 0 aromatic carbocycles. The Morgan fingerprint density at radius 3 is 2.57 bits per heavy atom.